The van der Waals surface area contributed by atoms with Gasteiger partial charge in [-0.25, -0.2) is 0 Å². The molecule has 0 N–H and O–H groups in total. The normalized spacial score (nSPS) is 11.4. The van der Waals surface area contributed by atoms with E-state index < -0.39 is 0 Å². The molecule has 0 aliphatic rings. The molecule has 0 amide bonds. The molecule has 7 heteroatoms. The molecule has 5 heterocycles. The number of hydrogen-bond donors (Lipinski definition) is 0. The summed E-state index contributed by atoms with van der Waals surface area (Å²) in [5, 5.41) is 23.0. The molecule has 0 aliphatic heterocycles. The smallest absolute Gasteiger partial charge is 0.101 e. The van der Waals surface area contributed by atoms with Gasteiger partial charge in [0.25, 0.3) is 0 Å². The number of allylic oxidation sites excluding steroid dienone is 2. The average molecular weight is 545 g/mol. The Morgan fingerprint density at radius 1 is 0.600 bits per heavy atom. The van der Waals surface area contributed by atoms with E-state index in [4.69, 9.17) is 0 Å². The third-order valence-corrected chi connectivity index (χ3v) is 10.1. The van der Waals surface area contributed by atoms with Gasteiger partial charge in [0.1, 0.15) is 12.1 Å². The fourth-order valence-corrected chi connectivity index (χ4v) is 7.67. The molecular weight excluding hydrogens is 525 g/mol. The summed E-state index contributed by atoms with van der Waals surface area (Å²) in [4.78, 5) is 8.96. The Bertz CT molecular complexity index is 1410. The van der Waals surface area contributed by atoms with Crippen LogP contribution in [0.4, 0.5) is 0 Å². The maximum Gasteiger partial charge on any atom is 0.101 e. The average Bonchev–Trinajstić information content (AvgIpc) is 3.70. The quantitative estimate of drug-likeness (QED) is 0.200. The predicted molar refractivity (Wildman–Crippen MR) is 158 cm³/mol. The highest BCUT2D eigenvalue weighted by atomic mass is 32.1. The van der Waals surface area contributed by atoms with E-state index in [9.17, 15) is 10.5 Å². The molecule has 0 saturated heterocycles. The van der Waals surface area contributed by atoms with Gasteiger partial charge >= 0.3 is 0 Å². The van der Waals surface area contributed by atoms with Gasteiger partial charge in [0, 0.05) is 39.0 Å². The van der Waals surface area contributed by atoms with Crippen LogP contribution in [0.5, 0.6) is 0 Å². The first-order valence-electron chi connectivity index (χ1n) is 10.8. The molecule has 0 atom stereocenters. The number of hydrogen-bond acceptors (Lipinski definition) is 7. The van der Waals surface area contributed by atoms with Crippen LogP contribution in [0.25, 0.3) is 42.8 Å². The molecule has 0 saturated carbocycles. The first-order chi connectivity index (χ1) is 17.2. The fourth-order valence-electron chi connectivity index (χ4n) is 3.19. The summed E-state index contributed by atoms with van der Waals surface area (Å²) in [5.74, 6) is 0. The van der Waals surface area contributed by atoms with Gasteiger partial charge in [-0.15, -0.1) is 56.7 Å². The van der Waals surface area contributed by atoms with Crippen LogP contribution in [0, 0.1) is 22.7 Å². The van der Waals surface area contributed by atoms with Gasteiger partial charge in [-0.1, -0.05) is 26.0 Å². The van der Waals surface area contributed by atoms with Crippen molar-refractivity contribution in [3.63, 3.8) is 0 Å². The maximum absolute atomic E-state index is 9.51. The van der Waals surface area contributed by atoms with Crippen molar-refractivity contribution in [1.82, 2.24) is 0 Å². The lowest BCUT2D eigenvalue weighted by Gasteiger charge is -1.93. The van der Waals surface area contributed by atoms with E-state index in [2.05, 4.69) is 48.5 Å². The zero-order valence-corrected chi connectivity index (χ0v) is 23.1. The Kier molecular flexibility index (Phi) is 8.65. The van der Waals surface area contributed by atoms with Crippen LogP contribution in [0.3, 0.4) is 0 Å². The van der Waals surface area contributed by atoms with Crippen molar-refractivity contribution >= 4 is 80.0 Å². The molecule has 0 aromatic carbocycles. The van der Waals surface area contributed by atoms with Crippen LogP contribution < -0.4 is 0 Å². The van der Waals surface area contributed by atoms with Crippen molar-refractivity contribution in [1.29, 1.82) is 10.5 Å². The zero-order valence-electron chi connectivity index (χ0n) is 19.0. The highest BCUT2D eigenvalue weighted by molar-refractivity contribution is 7.26. The van der Waals surface area contributed by atoms with E-state index in [-0.39, 0.29) is 0 Å². The molecule has 5 aromatic heterocycles. The first kappa shape index (κ1) is 25.1. The Morgan fingerprint density at radius 3 is 1.37 bits per heavy atom. The topological polar surface area (TPSA) is 47.6 Å². The minimum atomic E-state index is 0.698. The molecule has 0 unspecified atom stereocenters. The summed E-state index contributed by atoms with van der Waals surface area (Å²) in [7, 11) is 0. The molecule has 172 valence electrons. The molecule has 35 heavy (non-hydrogen) atoms. The highest BCUT2D eigenvalue weighted by Gasteiger charge is 2.11. The van der Waals surface area contributed by atoms with Gasteiger partial charge < -0.3 is 0 Å². The summed E-state index contributed by atoms with van der Waals surface area (Å²) in [6, 6.07) is 25.2. The van der Waals surface area contributed by atoms with Crippen LogP contribution in [0.2, 0.25) is 0 Å². The third-order valence-electron chi connectivity index (χ3n) is 4.73. The SMILES string of the molecule is CC.N#C/C(=C\c1ccc(-c2ccc(-c3ccc(/C=C(\C#N)c4cccs4)s3)s2)s1)c1cccs1. The van der Waals surface area contributed by atoms with Crippen LogP contribution in [0.15, 0.2) is 71.4 Å². The lowest BCUT2D eigenvalue weighted by atomic mass is 10.2. The van der Waals surface area contributed by atoms with Crippen LogP contribution >= 0.6 is 56.7 Å². The summed E-state index contributed by atoms with van der Waals surface area (Å²) in [5.41, 5.74) is 1.40. The Balaban J connectivity index is 0.00000141. The summed E-state index contributed by atoms with van der Waals surface area (Å²) in [6.07, 6.45) is 3.93. The van der Waals surface area contributed by atoms with Gasteiger partial charge in [0.15, 0.2) is 0 Å². The predicted octanol–water partition coefficient (Wildman–Crippen LogP) is 10.5. The number of nitriles is 2. The Hall–Kier alpha value is -3.04. The number of thiophene rings is 5. The van der Waals surface area contributed by atoms with E-state index >= 15 is 0 Å². The zero-order chi connectivity index (χ0) is 24.6. The molecule has 0 fully saturated rings. The van der Waals surface area contributed by atoms with Gasteiger partial charge in [0.2, 0.25) is 0 Å². The second-order valence-electron chi connectivity index (χ2n) is 6.86. The first-order valence-corrected chi connectivity index (χ1v) is 15.1. The van der Waals surface area contributed by atoms with Gasteiger partial charge in [-0.05, 0) is 71.4 Å². The second-order valence-corrected chi connectivity index (χ2v) is 12.1. The molecule has 2 nitrogen and oxygen atoms in total. The summed E-state index contributed by atoms with van der Waals surface area (Å²) < 4.78 is 0. The standard InChI is InChI=1S/C26H14N2S5.C2H6/c27-15-17(21-3-1-11-29-21)13-19-5-7-23(31-19)25-9-10-26(33-25)24-8-6-20(32-24)14-18(16-28)22-4-2-12-30-22;1-2/h1-14H;1-2H3/b17-13+,18-14+;. The molecule has 5 aromatic rings. The van der Waals surface area contributed by atoms with Crippen molar-refractivity contribution in [2.75, 3.05) is 0 Å². The second kappa shape index (κ2) is 12.1. The van der Waals surface area contributed by atoms with E-state index in [1.54, 1.807) is 56.7 Å². The van der Waals surface area contributed by atoms with Crippen molar-refractivity contribution in [3.05, 3.63) is 90.9 Å². The summed E-state index contributed by atoms with van der Waals surface area (Å²) >= 11 is 8.32. The van der Waals surface area contributed by atoms with Gasteiger partial charge in [-0.2, -0.15) is 10.5 Å². The Labute approximate surface area is 225 Å². The fraction of sp³-hybridized carbons (Fsp3) is 0.0714. The largest absolute Gasteiger partial charge is 0.192 e. The van der Waals surface area contributed by atoms with Crippen molar-refractivity contribution in [2.24, 2.45) is 0 Å². The van der Waals surface area contributed by atoms with Crippen LogP contribution in [-0.4, -0.2) is 0 Å². The minimum Gasteiger partial charge on any atom is -0.192 e. The van der Waals surface area contributed by atoms with E-state index in [1.165, 1.54) is 19.5 Å². The molecule has 0 radical (unpaired) electrons. The summed E-state index contributed by atoms with van der Waals surface area (Å²) in [6.45, 7) is 4.00. The van der Waals surface area contributed by atoms with Crippen LogP contribution in [-0.2, 0) is 0 Å². The van der Waals surface area contributed by atoms with E-state index in [0.29, 0.717) is 11.1 Å². The minimum absolute atomic E-state index is 0.698. The molecular formula is C28H20N2S5. The number of rotatable bonds is 6. The molecule has 5 rings (SSSR count). The monoisotopic (exact) mass is 544 g/mol. The lowest BCUT2D eigenvalue weighted by molar-refractivity contribution is 1.50. The van der Waals surface area contributed by atoms with Gasteiger partial charge in [-0.3, -0.25) is 0 Å². The highest BCUT2D eigenvalue weighted by Crippen LogP contribution is 2.41. The lowest BCUT2D eigenvalue weighted by Crippen LogP contribution is -1.72. The van der Waals surface area contributed by atoms with Gasteiger partial charge in [0.05, 0.1) is 11.1 Å². The van der Waals surface area contributed by atoms with Crippen molar-refractivity contribution in [3.8, 4) is 31.6 Å². The number of nitrogens with zero attached hydrogens (tertiary/aromatic N) is 2. The molecule has 0 bridgehead atoms. The Morgan fingerprint density at radius 2 is 1.00 bits per heavy atom. The third kappa shape index (κ3) is 5.97. The van der Waals surface area contributed by atoms with Crippen molar-refractivity contribution in [2.45, 2.75) is 13.8 Å². The van der Waals surface area contributed by atoms with Crippen LogP contribution in [0.1, 0.15) is 33.4 Å². The molecule has 0 aliphatic carbocycles. The van der Waals surface area contributed by atoms with E-state index in [1.807, 2.05) is 61.0 Å². The van der Waals surface area contributed by atoms with Crippen molar-refractivity contribution < 1.29 is 0 Å². The maximum atomic E-state index is 9.51. The van der Waals surface area contributed by atoms with E-state index in [0.717, 1.165) is 19.5 Å². The molecule has 0 spiro atoms.